The van der Waals surface area contributed by atoms with E-state index in [1.807, 2.05) is 4.90 Å². The summed E-state index contributed by atoms with van der Waals surface area (Å²) in [6.07, 6.45) is 2.15. The SMILES string of the molecule is CCOC(=O)CN(c1nnnn1C)C1CC1. The Kier molecular flexibility index (Phi) is 3.02. The number of hydrogen-bond donors (Lipinski definition) is 0. The third-order valence-corrected chi connectivity index (χ3v) is 2.45. The van der Waals surface area contributed by atoms with E-state index in [0.29, 0.717) is 18.6 Å². The predicted molar refractivity (Wildman–Crippen MR) is 55.8 cm³/mol. The van der Waals surface area contributed by atoms with Gasteiger partial charge in [0.15, 0.2) is 0 Å². The molecule has 1 aliphatic rings. The molecular weight excluding hydrogens is 210 g/mol. The number of ether oxygens (including phenoxy) is 1. The second kappa shape index (κ2) is 4.46. The van der Waals surface area contributed by atoms with E-state index in [1.165, 1.54) is 0 Å². The summed E-state index contributed by atoms with van der Waals surface area (Å²) >= 11 is 0. The van der Waals surface area contributed by atoms with Crippen LogP contribution in [0.4, 0.5) is 5.95 Å². The fourth-order valence-electron chi connectivity index (χ4n) is 1.56. The van der Waals surface area contributed by atoms with Gasteiger partial charge in [0.25, 0.3) is 0 Å². The summed E-state index contributed by atoms with van der Waals surface area (Å²) in [4.78, 5) is 13.4. The van der Waals surface area contributed by atoms with Crippen molar-refractivity contribution < 1.29 is 9.53 Å². The molecule has 1 heterocycles. The molecule has 0 aromatic carbocycles. The summed E-state index contributed by atoms with van der Waals surface area (Å²) in [5.41, 5.74) is 0. The van der Waals surface area contributed by atoms with Crippen LogP contribution in [0.5, 0.6) is 0 Å². The first-order valence-corrected chi connectivity index (χ1v) is 5.37. The van der Waals surface area contributed by atoms with Crippen molar-refractivity contribution in [3.05, 3.63) is 0 Å². The van der Waals surface area contributed by atoms with Gasteiger partial charge in [0.2, 0.25) is 5.95 Å². The van der Waals surface area contributed by atoms with Crippen LogP contribution in [0.1, 0.15) is 19.8 Å². The Hall–Kier alpha value is -1.66. The second-order valence-corrected chi connectivity index (χ2v) is 3.77. The van der Waals surface area contributed by atoms with Crippen LogP contribution in [-0.4, -0.2) is 45.4 Å². The third kappa shape index (κ3) is 2.29. The van der Waals surface area contributed by atoms with E-state index in [1.54, 1.807) is 18.7 Å². The van der Waals surface area contributed by atoms with E-state index >= 15 is 0 Å². The van der Waals surface area contributed by atoms with Crippen molar-refractivity contribution in [3.8, 4) is 0 Å². The summed E-state index contributed by atoms with van der Waals surface area (Å²) in [6.45, 7) is 2.41. The lowest BCUT2D eigenvalue weighted by Gasteiger charge is -2.20. The van der Waals surface area contributed by atoms with Gasteiger partial charge in [-0.15, -0.1) is 0 Å². The van der Waals surface area contributed by atoms with Crippen molar-refractivity contribution in [1.82, 2.24) is 20.2 Å². The first kappa shape index (κ1) is 10.8. The number of hydrogen-bond acceptors (Lipinski definition) is 6. The van der Waals surface area contributed by atoms with Crippen molar-refractivity contribution in [2.24, 2.45) is 7.05 Å². The molecule has 0 saturated heterocycles. The molecule has 0 unspecified atom stereocenters. The van der Waals surface area contributed by atoms with Crippen LogP contribution in [-0.2, 0) is 16.6 Å². The number of nitrogens with zero attached hydrogens (tertiary/aromatic N) is 5. The number of carbonyl (C=O) groups excluding carboxylic acids is 1. The average Bonchev–Trinajstić information content (AvgIpc) is 2.99. The highest BCUT2D eigenvalue weighted by Crippen LogP contribution is 2.29. The number of carbonyl (C=O) groups is 1. The quantitative estimate of drug-likeness (QED) is 0.643. The van der Waals surface area contributed by atoms with Gasteiger partial charge in [-0.3, -0.25) is 4.79 Å². The monoisotopic (exact) mass is 225 g/mol. The maximum Gasteiger partial charge on any atom is 0.325 e. The molecule has 1 aliphatic carbocycles. The van der Waals surface area contributed by atoms with Crippen molar-refractivity contribution in [2.45, 2.75) is 25.8 Å². The Morgan fingerprint density at radius 3 is 2.88 bits per heavy atom. The predicted octanol–water partition coefficient (Wildman–Crippen LogP) is -0.258. The lowest BCUT2D eigenvalue weighted by atomic mass is 10.5. The minimum absolute atomic E-state index is 0.215. The van der Waals surface area contributed by atoms with E-state index < -0.39 is 0 Å². The first-order valence-electron chi connectivity index (χ1n) is 5.37. The Labute approximate surface area is 93.4 Å². The van der Waals surface area contributed by atoms with Crippen LogP contribution < -0.4 is 4.90 Å². The van der Waals surface area contributed by atoms with E-state index in [9.17, 15) is 4.79 Å². The molecule has 88 valence electrons. The zero-order valence-corrected chi connectivity index (χ0v) is 9.46. The lowest BCUT2D eigenvalue weighted by Crippen LogP contribution is -2.34. The molecule has 1 aromatic heterocycles. The molecule has 0 radical (unpaired) electrons. The molecule has 1 saturated carbocycles. The van der Waals surface area contributed by atoms with Crippen molar-refractivity contribution in [1.29, 1.82) is 0 Å². The molecule has 7 nitrogen and oxygen atoms in total. The molecular formula is C9H15N5O2. The van der Waals surface area contributed by atoms with Crippen LogP contribution in [0, 0.1) is 0 Å². The minimum atomic E-state index is -0.239. The van der Waals surface area contributed by atoms with E-state index in [-0.39, 0.29) is 12.5 Å². The molecule has 0 N–H and O–H groups in total. The molecule has 0 atom stereocenters. The van der Waals surface area contributed by atoms with E-state index in [2.05, 4.69) is 15.5 Å². The number of rotatable bonds is 5. The summed E-state index contributed by atoms with van der Waals surface area (Å²) in [6, 6.07) is 0.370. The number of esters is 1. The van der Waals surface area contributed by atoms with Gasteiger partial charge < -0.3 is 9.64 Å². The van der Waals surface area contributed by atoms with Crippen molar-refractivity contribution in [3.63, 3.8) is 0 Å². The molecule has 1 fully saturated rings. The number of aromatic nitrogens is 4. The second-order valence-electron chi connectivity index (χ2n) is 3.77. The van der Waals surface area contributed by atoms with Crippen LogP contribution >= 0.6 is 0 Å². The standard InChI is InChI=1S/C9H15N5O2/c1-3-16-8(15)6-14(7-4-5-7)9-10-11-12-13(9)2/h7H,3-6H2,1-2H3. The van der Waals surface area contributed by atoms with E-state index in [4.69, 9.17) is 4.74 Å². The summed E-state index contributed by atoms with van der Waals surface area (Å²) < 4.78 is 6.50. The summed E-state index contributed by atoms with van der Waals surface area (Å²) in [5, 5.41) is 11.2. The van der Waals surface area contributed by atoms with Crippen LogP contribution in [0.3, 0.4) is 0 Å². The molecule has 16 heavy (non-hydrogen) atoms. The van der Waals surface area contributed by atoms with Gasteiger partial charge in [-0.05, 0) is 30.2 Å². The maximum atomic E-state index is 11.5. The number of tetrazole rings is 1. The smallest absolute Gasteiger partial charge is 0.325 e. The highest BCUT2D eigenvalue weighted by Gasteiger charge is 2.33. The largest absolute Gasteiger partial charge is 0.465 e. The highest BCUT2D eigenvalue weighted by atomic mass is 16.5. The number of anilines is 1. The molecule has 1 aromatic rings. The lowest BCUT2D eigenvalue weighted by molar-refractivity contribution is -0.141. The summed E-state index contributed by atoms with van der Waals surface area (Å²) in [7, 11) is 1.76. The van der Waals surface area contributed by atoms with Gasteiger partial charge in [-0.1, -0.05) is 5.10 Å². The molecule has 0 spiro atoms. The van der Waals surface area contributed by atoms with Crippen molar-refractivity contribution in [2.75, 3.05) is 18.1 Å². The Balaban J connectivity index is 2.06. The molecule has 7 heteroatoms. The van der Waals surface area contributed by atoms with Crippen LogP contribution in [0.2, 0.25) is 0 Å². The minimum Gasteiger partial charge on any atom is -0.465 e. The third-order valence-electron chi connectivity index (χ3n) is 2.45. The fourth-order valence-corrected chi connectivity index (χ4v) is 1.56. The maximum absolute atomic E-state index is 11.5. The Morgan fingerprint density at radius 1 is 1.62 bits per heavy atom. The van der Waals surface area contributed by atoms with E-state index in [0.717, 1.165) is 12.8 Å². The van der Waals surface area contributed by atoms with Gasteiger partial charge >= 0.3 is 5.97 Å². The van der Waals surface area contributed by atoms with Crippen molar-refractivity contribution >= 4 is 11.9 Å². The molecule has 0 amide bonds. The average molecular weight is 225 g/mol. The Bertz CT molecular complexity index is 374. The topological polar surface area (TPSA) is 73.1 Å². The molecule has 0 aliphatic heterocycles. The van der Waals surface area contributed by atoms with Gasteiger partial charge in [-0.2, -0.15) is 0 Å². The van der Waals surface area contributed by atoms with Gasteiger partial charge in [0.1, 0.15) is 6.54 Å². The Morgan fingerprint density at radius 2 is 2.38 bits per heavy atom. The first-order chi connectivity index (χ1) is 7.72. The zero-order chi connectivity index (χ0) is 11.5. The van der Waals surface area contributed by atoms with Gasteiger partial charge in [0, 0.05) is 13.1 Å². The fraction of sp³-hybridized carbons (Fsp3) is 0.778. The molecule has 0 bridgehead atoms. The highest BCUT2D eigenvalue weighted by molar-refractivity contribution is 5.75. The zero-order valence-electron chi connectivity index (χ0n) is 9.46. The summed E-state index contributed by atoms with van der Waals surface area (Å²) in [5.74, 6) is 0.382. The van der Waals surface area contributed by atoms with Gasteiger partial charge in [0.05, 0.1) is 6.61 Å². The number of aryl methyl sites for hydroxylation is 1. The molecule has 2 rings (SSSR count). The van der Waals surface area contributed by atoms with Crippen LogP contribution in [0.25, 0.3) is 0 Å². The normalized spacial score (nSPS) is 14.9. The van der Waals surface area contributed by atoms with Gasteiger partial charge in [-0.25, -0.2) is 4.68 Å². The van der Waals surface area contributed by atoms with Crippen LogP contribution in [0.15, 0.2) is 0 Å².